The van der Waals surface area contributed by atoms with Gasteiger partial charge in [-0.1, -0.05) is 0 Å². The molecule has 0 unspecified atom stereocenters. The number of nitrogens with two attached hydrogens (primary N) is 1. The van der Waals surface area contributed by atoms with Crippen molar-refractivity contribution in [2.75, 3.05) is 12.3 Å². The van der Waals surface area contributed by atoms with Crippen LogP contribution < -0.4 is 5.73 Å². The lowest BCUT2D eigenvalue weighted by atomic mass is 10.6. The second kappa shape index (κ2) is 3.75. The largest absolute Gasteiger partial charge is 0.464 e. The Labute approximate surface area is 70.1 Å². The molecule has 1 aromatic heterocycles. The number of carbonyl (C=O) groups excluding carboxylic acids is 1. The van der Waals surface area contributed by atoms with Crippen LogP contribution in [0.4, 0.5) is 5.69 Å². The summed E-state index contributed by atoms with van der Waals surface area (Å²) < 4.78 is 6.34. The van der Waals surface area contributed by atoms with Gasteiger partial charge in [0.15, 0.2) is 0 Å². The van der Waals surface area contributed by atoms with Gasteiger partial charge in [0.2, 0.25) is 0 Å². The minimum absolute atomic E-state index is 0.282. The fourth-order valence-corrected chi connectivity index (χ4v) is 0.785. The molecule has 0 atom stereocenters. The first-order valence-corrected chi connectivity index (χ1v) is 3.60. The Morgan fingerprint density at radius 3 is 3.08 bits per heavy atom. The average Bonchev–Trinajstić information content (AvgIpc) is 2.35. The van der Waals surface area contributed by atoms with Gasteiger partial charge in [-0.2, -0.15) is 5.10 Å². The molecule has 0 saturated carbocycles. The maximum absolute atomic E-state index is 10.4. The fourth-order valence-electron chi connectivity index (χ4n) is 0.785. The van der Waals surface area contributed by atoms with E-state index in [2.05, 4.69) is 5.10 Å². The highest BCUT2D eigenvalue weighted by molar-refractivity contribution is 5.65. The highest BCUT2D eigenvalue weighted by atomic mass is 16.5. The SMILES string of the molecule is CC(=O)OCCn1cc(N)cn1. The van der Waals surface area contributed by atoms with E-state index in [9.17, 15) is 4.79 Å². The first-order valence-electron chi connectivity index (χ1n) is 3.60. The van der Waals surface area contributed by atoms with Crippen molar-refractivity contribution in [3.8, 4) is 0 Å². The smallest absolute Gasteiger partial charge is 0.302 e. The van der Waals surface area contributed by atoms with Crippen molar-refractivity contribution < 1.29 is 9.53 Å². The third kappa shape index (κ3) is 2.61. The summed E-state index contributed by atoms with van der Waals surface area (Å²) in [5, 5.41) is 3.91. The van der Waals surface area contributed by atoms with Gasteiger partial charge in [0.05, 0.1) is 18.4 Å². The average molecular weight is 169 g/mol. The van der Waals surface area contributed by atoms with Crippen molar-refractivity contribution in [2.45, 2.75) is 13.5 Å². The molecular formula is C7H11N3O2. The Hall–Kier alpha value is -1.52. The van der Waals surface area contributed by atoms with E-state index in [1.807, 2.05) is 0 Å². The molecule has 0 aliphatic carbocycles. The van der Waals surface area contributed by atoms with Crippen molar-refractivity contribution in [2.24, 2.45) is 0 Å². The van der Waals surface area contributed by atoms with Crippen LogP contribution in [-0.2, 0) is 16.1 Å². The molecule has 2 N–H and O–H groups in total. The van der Waals surface area contributed by atoms with Gasteiger partial charge in [-0.15, -0.1) is 0 Å². The highest BCUT2D eigenvalue weighted by Gasteiger charge is 1.95. The van der Waals surface area contributed by atoms with Gasteiger partial charge in [0, 0.05) is 13.1 Å². The number of carbonyl (C=O) groups is 1. The van der Waals surface area contributed by atoms with E-state index in [0.717, 1.165) is 0 Å². The van der Waals surface area contributed by atoms with Crippen LogP contribution in [0.2, 0.25) is 0 Å². The molecular weight excluding hydrogens is 158 g/mol. The molecule has 1 aromatic rings. The minimum atomic E-state index is -0.282. The van der Waals surface area contributed by atoms with Crippen molar-refractivity contribution >= 4 is 11.7 Å². The quantitative estimate of drug-likeness (QED) is 0.648. The Balaban J connectivity index is 2.29. The zero-order valence-electron chi connectivity index (χ0n) is 6.86. The second-order valence-corrected chi connectivity index (χ2v) is 2.38. The van der Waals surface area contributed by atoms with Gasteiger partial charge in [-0.25, -0.2) is 0 Å². The predicted molar refractivity (Wildman–Crippen MR) is 43.3 cm³/mol. The Morgan fingerprint density at radius 2 is 2.58 bits per heavy atom. The third-order valence-electron chi connectivity index (χ3n) is 1.28. The Bertz CT molecular complexity index is 269. The summed E-state index contributed by atoms with van der Waals surface area (Å²) >= 11 is 0. The molecule has 0 spiro atoms. The van der Waals surface area contributed by atoms with Crippen molar-refractivity contribution in [3.05, 3.63) is 12.4 Å². The summed E-state index contributed by atoms with van der Waals surface area (Å²) in [6, 6.07) is 0. The molecule has 0 aromatic carbocycles. The number of ether oxygens (including phenoxy) is 1. The van der Waals surface area contributed by atoms with E-state index >= 15 is 0 Å². The Morgan fingerprint density at radius 1 is 1.83 bits per heavy atom. The van der Waals surface area contributed by atoms with Crippen LogP contribution in [0, 0.1) is 0 Å². The van der Waals surface area contributed by atoms with Gasteiger partial charge in [0.25, 0.3) is 0 Å². The Kier molecular flexibility index (Phi) is 2.68. The van der Waals surface area contributed by atoms with Gasteiger partial charge < -0.3 is 10.5 Å². The fraction of sp³-hybridized carbons (Fsp3) is 0.429. The summed E-state index contributed by atoms with van der Waals surface area (Å²) in [7, 11) is 0. The van der Waals surface area contributed by atoms with Crippen LogP contribution >= 0.6 is 0 Å². The first kappa shape index (κ1) is 8.58. The lowest BCUT2D eigenvalue weighted by Gasteiger charge is -2.00. The van der Waals surface area contributed by atoms with Gasteiger partial charge >= 0.3 is 5.97 Å². The van der Waals surface area contributed by atoms with Crippen LogP contribution in [0.1, 0.15) is 6.92 Å². The zero-order chi connectivity index (χ0) is 8.97. The maximum atomic E-state index is 10.4. The molecule has 1 heterocycles. The highest BCUT2D eigenvalue weighted by Crippen LogP contribution is 1.96. The van der Waals surface area contributed by atoms with Crippen LogP contribution in [0.25, 0.3) is 0 Å². The number of rotatable bonds is 3. The molecule has 5 nitrogen and oxygen atoms in total. The van der Waals surface area contributed by atoms with Crippen molar-refractivity contribution in [1.29, 1.82) is 0 Å². The summed E-state index contributed by atoms with van der Waals surface area (Å²) in [6.07, 6.45) is 3.23. The molecule has 5 heteroatoms. The predicted octanol–water partition coefficient (Wildman–Crippen LogP) is 0.0284. The standard InChI is InChI=1S/C7H11N3O2/c1-6(11)12-3-2-10-5-7(8)4-9-10/h4-5H,2-3,8H2,1H3. The normalized spacial score (nSPS) is 9.75. The van der Waals surface area contributed by atoms with Gasteiger partial charge in [-0.05, 0) is 0 Å². The van der Waals surface area contributed by atoms with E-state index in [0.29, 0.717) is 18.8 Å². The first-order chi connectivity index (χ1) is 5.68. The topological polar surface area (TPSA) is 70.1 Å². The number of esters is 1. The minimum Gasteiger partial charge on any atom is -0.464 e. The van der Waals surface area contributed by atoms with E-state index in [1.165, 1.54) is 6.92 Å². The molecule has 12 heavy (non-hydrogen) atoms. The molecule has 0 aliphatic heterocycles. The molecule has 0 aliphatic rings. The monoisotopic (exact) mass is 169 g/mol. The third-order valence-corrected chi connectivity index (χ3v) is 1.28. The molecule has 1 rings (SSSR count). The zero-order valence-corrected chi connectivity index (χ0v) is 6.86. The van der Waals surface area contributed by atoms with E-state index in [4.69, 9.17) is 10.5 Å². The van der Waals surface area contributed by atoms with E-state index < -0.39 is 0 Å². The molecule has 0 fully saturated rings. The van der Waals surface area contributed by atoms with E-state index in [1.54, 1.807) is 17.1 Å². The summed E-state index contributed by atoms with van der Waals surface area (Å²) in [6.45, 7) is 2.24. The van der Waals surface area contributed by atoms with Crippen molar-refractivity contribution in [1.82, 2.24) is 9.78 Å². The van der Waals surface area contributed by atoms with Gasteiger partial charge in [0.1, 0.15) is 6.61 Å². The van der Waals surface area contributed by atoms with Crippen LogP contribution in [0.5, 0.6) is 0 Å². The lowest BCUT2D eigenvalue weighted by molar-refractivity contribution is -0.141. The summed E-state index contributed by atoms with van der Waals surface area (Å²) in [4.78, 5) is 10.4. The van der Waals surface area contributed by atoms with Crippen LogP contribution in [-0.4, -0.2) is 22.4 Å². The lowest BCUT2D eigenvalue weighted by Crippen LogP contribution is -2.08. The van der Waals surface area contributed by atoms with E-state index in [-0.39, 0.29) is 5.97 Å². The van der Waals surface area contributed by atoms with Crippen LogP contribution in [0.3, 0.4) is 0 Å². The maximum Gasteiger partial charge on any atom is 0.302 e. The summed E-state index contributed by atoms with van der Waals surface area (Å²) in [5.41, 5.74) is 6.03. The molecule has 66 valence electrons. The molecule has 0 saturated heterocycles. The number of hydrogen-bond acceptors (Lipinski definition) is 4. The molecule has 0 bridgehead atoms. The number of nitrogen functional groups attached to an aromatic ring is 1. The summed E-state index contributed by atoms with van der Waals surface area (Å²) in [5.74, 6) is -0.282. The van der Waals surface area contributed by atoms with Gasteiger partial charge in [-0.3, -0.25) is 9.48 Å². The number of nitrogens with zero attached hydrogens (tertiary/aromatic N) is 2. The molecule has 0 amide bonds. The number of anilines is 1. The van der Waals surface area contributed by atoms with Crippen LogP contribution in [0.15, 0.2) is 12.4 Å². The second-order valence-electron chi connectivity index (χ2n) is 2.38. The van der Waals surface area contributed by atoms with Crippen molar-refractivity contribution in [3.63, 3.8) is 0 Å². The number of aromatic nitrogens is 2. The molecule has 0 radical (unpaired) electrons. The number of hydrogen-bond donors (Lipinski definition) is 1.